The van der Waals surface area contributed by atoms with Gasteiger partial charge in [0, 0.05) is 25.1 Å². The molecular formula is C16H18F3N3O2. The highest BCUT2D eigenvalue weighted by atomic mass is 19.4. The zero-order chi connectivity index (χ0) is 18.0. The molecule has 0 saturated carbocycles. The number of aliphatic hydroxyl groups is 1. The van der Waals surface area contributed by atoms with Gasteiger partial charge in [0.2, 0.25) is 11.5 Å². The molecule has 1 aromatic heterocycles. The average molecular weight is 341 g/mol. The summed E-state index contributed by atoms with van der Waals surface area (Å²) < 4.78 is 41.2. The molecule has 1 aromatic carbocycles. The van der Waals surface area contributed by atoms with Gasteiger partial charge in [-0.2, -0.15) is 13.2 Å². The predicted octanol–water partition coefficient (Wildman–Crippen LogP) is 2.76. The third-order valence-corrected chi connectivity index (χ3v) is 3.70. The molecule has 0 saturated heterocycles. The van der Waals surface area contributed by atoms with E-state index < -0.39 is 29.9 Å². The number of rotatable bonds is 5. The van der Waals surface area contributed by atoms with Gasteiger partial charge in [0.25, 0.3) is 0 Å². The van der Waals surface area contributed by atoms with Crippen molar-refractivity contribution in [2.75, 3.05) is 5.32 Å². The number of carbonyl (C=O) groups excluding carboxylic acids is 1. The van der Waals surface area contributed by atoms with Crippen molar-refractivity contribution in [3.8, 4) is 0 Å². The zero-order valence-corrected chi connectivity index (χ0v) is 13.3. The first-order valence-electron chi connectivity index (χ1n) is 7.33. The monoisotopic (exact) mass is 341 g/mol. The summed E-state index contributed by atoms with van der Waals surface area (Å²) in [5, 5.41) is 12.6. The molecule has 2 aromatic rings. The fraction of sp³-hybridized carbons (Fsp3) is 0.375. The highest BCUT2D eigenvalue weighted by Gasteiger charge is 2.58. The third kappa shape index (κ3) is 3.59. The van der Waals surface area contributed by atoms with Crippen molar-refractivity contribution < 1.29 is 23.1 Å². The summed E-state index contributed by atoms with van der Waals surface area (Å²) in [5.41, 5.74) is -2.05. The van der Waals surface area contributed by atoms with Crippen LogP contribution in [0.3, 0.4) is 0 Å². The second-order valence-electron chi connectivity index (χ2n) is 5.50. The van der Waals surface area contributed by atoms with Crippen LogP contribution in [0, 0.1) is 0 Å². The number of halogens is 3. The van der Waals surface area contributed by atoms with Gasteiger partial charge in [0.1, 0.15) is 0 Å². The van der Waals surface area contributed by atoms with Crippen LogP contribution >= 0.6 is 0 Å². The molecule has 1 unspecified atom stereocenters. The molecule has 1 amide bonds. The number of amides is 1. The van der Waals surface area contributed by atoms with Crippen LogP contribution < -0.4 is 5.32 Å². The topological polar surface area (TPSA) is 67.2 Å². The van der Waals surface area contributed by atoms with E-state index >= 15 is 0 Å². The molecule has 2 rings (SSSR count). The zero-order valence-electron chi connectivity index (χ0n) is 13.3. The Labute approximate surface area is 137 Å². The molecule has 24 heavy (non-hydrogen) atoms. The lowest BCUT2D eigenvalue weighted by molar-refractivity contribution is -0.270. The molecule has 0 aliphatic rings. The Kier molecular flexibility index (Phi) is 4.98. The van der Waals surface area contributed by atoms with Crippen LogP contribution in [0.2, 0.25) is 0 Å². The molecule has 130 valence electrons. The predicted molar refractivity (Wildman–Crippen MR) is 82.2 cm³/mol. The minimum atomic E-state index is -5.05. The van der Waals surface area contributed by atoms with Crippen LogP contribution in [0.25, 0.3) is 0 Å². The largest absolute Gasteiger partial charge is 0.425 e. The van der Waals surface area contributed by atoms with E-state index in [1.54, 1.807) is 18.2 Å². The third-order valence-electron chi connectivity index (χ3n) is 3.70. The van der Waals surface area contributed by atoms with E-state index in [1.807, 2.05) is 13.0 Å². The van der Waals surface area contributed by atoms with Gasteiger partial charge in [-0.05, 0) is 24.1 Å². The van der Waals surface area contributed by atoms with E-state index in [2.05, 4.69) is 10.3 Å². The molecule has 0 aliphatic heterocycles. The SMILES string of the molecule is CCc1cccc(NC(=O)CC(O)(c2nccn2C)C(F)(F)F)c1. The summed E-state index contributed by atoms with van der Waals surface area (Å²) in [6.07, 6.45) is -3.10. The van der Waals surface area contributed by atoms with Crippen molar-refractivity contribution in [2.24, 2.45) is 7.05 Å². The van der Waals surface area contributed by atoms with Crippen molar-refractivity contribution in [3.05, 3.63) is 48.0 Å². The molecule has 5 nitrogen and oxygen atoms in total. The molecule has 0 radical (unpaired) electrons. The number of imidazole rings is 1. The number of aromatic nitrogens is 2. The van der Waals surface area contributed by atoms with Gasteiger partial charge in [-0.3, -0.25) is 4.79 Å². The fourth-order valence-electron chi connectivity index (χ4n) is 2.38. The molecule has 0 spiro atoms. The van der Waals surface area contributed by atoms with E-state index in [9.17, 15) is 23.1 Å². The number of nitrogens with one attached hydrogen (secondary N) is 1. The van der Waals surface area contributed by atoms with Crippen LogP contribution in [-0.2, 0) is 23.9 Å². The smallest absolute Gasteiger partial charge is 0.374 e. The van der Waals surface area contributed by atoms with Crippen LogP contribution in [0.15, 0.2) is 36.7 Å². The van der Waals surface area contributed by atoms with Crippen molar-refractivity contribution in [3.63, 3.8) is 0 Å². The maximum absolute atomic E-state index is 13.4. The quantitative estimate of drug-likeness (QED) is 0.879. The average Bonchev–Trinajstić information content (AvgIpc) is 2.92. The van der Waals surface area contributed by atoms with Crippen molar-refractivity contribution in [2.45, 2.75) is 31.5 Å². The number of anilines is 1. The molecule has 2 N–H and O–H groups in total. The molecule has 1 heterocycles. The summed E-state index contributed by atoms with van der Waals surface area (Å²) in [6, 6.07) is 6.79. The summed E-state index contributed by atoms with van der Waals surface area (Å²) >= 11 is 0. The molecule has 0 fully saturated rings. The van der Waals surface area contributed by atoms with Gasteiger partial charge in [0.15, 0.2) is 5.82 Å². The number of hydrogen-bond donors (Lipinski definition) is 2. The number of benzene rings is 1. The minimum absolute atomic E-state index is 0.378. The fourth-order valence-corrected chi connectivity index (χ4v) is 2.38. The Morgan fingerprint density at radius 3 is 2.62 bits per heavy atom. The Morgan fingerprint density at radius 2 is 2.08 bits per heavy atom. The number of aryl methyl sites for hydroxylation is 2. The lowest BCUT2D eigenvalue weighted by Gasteiger charge is -2.29. The lowest BCUT2D eigenvalue weighted by Crippen LogP contribution is -2.46. The van der Waals surface area contributed by atoms with Gasteiger partial charge in [-0.1, -0.05) is 19.1 Å². The van der Waals surface area contributed by atoms with Crippen LogP contribution in [0.1, 0.15) is 24.7 Å². The molecule has 0 bridgehead atoms. The first kappa shape index (κ1) is 18.0. The van der Waals surface area contributed by atoms with Crippen LogP contribution in [0.5, 0.6) is 0 Å². The van der Waals surface area contributed by atoms with Crippen molar-refractivity contribution >= 4 is 11.6 Å². The number of hydrogen-bond acceptors (Lipinski definition) is 3. The van der Waals surface area contributed by atoms with Crippen molar-refractivity contribution in [1.82, 2.24) is 9.55 Å². The lowest BCUT2D eigenvalue weighted by atomic mass is 9.97. The normalized spacial score (nSPS) is 14.2. The number of carbonyl (C=O) groups is 1. The first-order chi connectivity index (χ1) is 11.2. The van der Waals surface area contributed by atoms with Gasteiger partial charge in [0.05, 0.1) is 6.42 Å². The van der Waals surface area contributed by atoms with Gasteiger partial charge in [-0.15, -0.1) is 0 Å². The summed E-state index contributed by atoms with van der Waals surface area (Å²) in [4.78, 5) is 15.6. The minimum Gasteiger partial charge on any atom is -0.374 e. The summed E-state index contributed by atoms with van der Waals surface area (Å²) in [5.74, 6) is -1.58. The Morgan fingerprint density at radius 1 is 1.38 bits per heavy atom. The number of alkyl halides is 3. The standard InChI is InChI=1S/C16H18F3N3O2/c1-3-11-5-4-6-12(9-11)21-13(23)10-15(24,16(17,18)19)14-20-7-8-22(14)2/h4-9,24H,3,10H2,1-2H3,(H,21,23). The molecule has 0 aliphatic carbocycles. The maximum atomic E-state index is 13.4. The van der Waals surface area contributed by atoms with E-state index in [0.29, 0.717) is 5.69 Å². The molecule has 1 atom stereocenters. The summed E-state index contributed by atoms with van der Waals surface area (Å²) in [7, 11) is 1.32. The van der Waals surface area contributed by atoms with E-state index in [-0.39, 0.29) is 0 Å². The van der Waals surface area contributed by atoms with Gasteiger partial charge >= 0.3 is 6.18 Å². The van der Waals surface area contributed by atoms with E-state index in [4.69, 9.17) is 0 Å². The maximum Gasteiger partial charge on any atom is 0.425 e. The first-order valence-corrected chi connectivity index (χ1v) is 7.33. The Hall–Kier alpha value is -2.35. The van der Waals surface area contributed by atoms with Gasteiger partial charge < -0.3 is 15.0 Å². The van der Waals surface area contributed by atoms with E-state index in [0.717, 1.165) is 22.7 Å². The van der Waals surface area contributed by atoms with Crippen LogP contribution in [-0.4, -0.2) is 26.7 Å². The molecular weight excluding hydrogens is 323 g/mol. The Bertz CT molecular complexity index is 727. The number of nitrogens with zero attached hydrogens (tertiary/aromatic N) is 2. The summed E-state index contributed by atoms with van der Waals surface area (Å²) in [6.45, 7) is 1.92. The van der Waals surface area contributed by atoms with Gasteiger partial charge in [-0.25, -0.2) is 4.98 Å². The Balaban J connectivity index is 2.24. The van der Waals surface area contributed by atoms with Crippen molar-refractivity contribution in [1.29, 1.82) is 0 Å². The van der Waals surface area contributed by atoms with Crippen LogP contribution in [0.4, 0.5) is 18.9 Å². The second kappa shape index (κ2) is 6.64. The highest BCUT2D eigenvalue weighted by Crippen LogP contribution is 2.40. The molecule has 8 heteroatoms. The second-order valence-corrected chi connectivity index (χ2v) is 5.50. The van der Waals surface area contributed by atoms with E-state index in [1.165, 1.54) is 13.2 Å². The highest BCUT2D eigenvalue weighted by molar-refractivity contribution is 5.91.